The molecule has 0 unspecified atom stereocenters. The third kappa shape index (κ3) is 3.07. The van der Waals surface area contributed by atoms with Crippen LogP contribution in [-0.2, 0) is 0 Å². The first-order chi connectivity index (χ1) is 9.09. The molecule has 6 nitrogen and oxygen atoms in total. The van der Waals surface area contributed by atoms with Crippen molar-refractivity contribution in [3.8, 4) is 0 Å². The minimum absolute atomic E-state index is 0.0557. The topological polar surface area (TPSA) is 66.4 Å². The Morgan fingerprint density at radius 2 is 2.32 bits per heavy atom. The Hall–Kier alpha value is -1.98. The lowest BCUT2D eigenvalue weighted by molar-refractivity contribution is 0.0939. The van der Waals surface area contributed by atoms with Crippen molar-refractivity contribution in [3.05, 3.63) is 24.0 Å². The van der Waals surface area contributed by atoms with E-state index >= 15 is 0 Å². The summed E-state index contributed by atoms with van der Waals surface area (Å²) in [5.41, 5.74) is 0.654. The van der Waals surface area contributed by atoms with E-state index in [9.17, 15) is 9.59 Å². The monoisotopic (exact) mass is 264 g/mol. The molecule has 0 atom stereocenters. The number of nitrogens with zero attached hydrogens (tertiary/aromatic N) is 2. The van der Waals surface area contributed by atoms with E-state index in [4.69, 9.17) is 0 Å². The van der Waals surface area contributed by atoms with Crippen LogP contribution in [0, 0.1) is 0 Å². The summed E-state index contributed by atoms with van der Waals surface area (Å²) in [6.07, 6.45) is 1.90. The van der Waals surface area contributed by atoms with Crippen LogP contribution in [0.5, 0.6) is 0 Å². The minimum atomic E-state index is -0.0988. The zero-order chi connectivity index (χ0) is 13.8. The van der Waals surface area contributed by atoms with Gasteiger partial charge in [-0.1, -0.05) is 0 Å². The zero-order valence-corrected chi connectivity index (χ0v) is 11.3. The Morgan fingerprint density at radius 1 is 1.53 bits per heavy atom. The molecule has 1 aliphatic heterocycles. The highest BCUT2D eigenvalue weighted by molar-refractivity contribution is 5.92. The smallest absolute Gasteiger partial charge is 0.317 e. The quantitative estimate of drug-likeness (QED) is 0.827. The van der Waals surface area contributed by atoms with Gasteiger partial charge in [0.25, 0.3) is 5.91 Å². The summed E-state index contributed by atoms with van der Waals surface area (Å²) < 4.78 is 1.93. The van der Waals surface area contributed by atoms with Crippen LogP contribution in [0.1, 0.15) is 30.4 Å². The fraction of sp³-hybridized carbons (Fsp3) is 0.538. The molecule has 0 radical (unpaired) electrons. The van der Waals surface area contributed by atoms with Crippen molar-refractivity contribution < 1.29 is 9.59 Å². The van der Waals surface area contributed by atoms with Crippen molar-refractivity contribution in [1.29, 1.82) is 0 Å². The average Bonchev–Trinajstić information content (AvgIpc) is 2.98. The second-order valence-corrected chi connectivity index (χ2v) is 4.87. The van der Waals surface area contributed by atoms with E-state index in [2.05, 4.69) is 10.6 Å². The van der Waals surface area contributed by atoms with E-state index in [1.807, 2.05) is 30.7 Å². The first-order valence-electron chi connectivity index (χ1n) is 6.57. The first-order valence-corrected chi connectivity index (χ1v) is 6.57. The highest BCUT2D eigenvalue weighted by atomic mass is 16.2. The molecule has 2 heterocycles. The Labute approximate surface area is 112 Å². The Morgan fingerprint density at radius 3 is 2.95 bits per heavy atom. The van der Waals surface area contributed by atoms with Crippen LogP contribution >= 0.6 is 0 Å². The normalized spacial score (nSPS) is 14.9. The molecule has 0 aromatic carbocycles. The molecule has 1 aliphatic rings. The van der Waals surface area contributed by atoms with Crippen LogP contribution in [0.4, 0.5) is 4.79 Å². The van der Waals surface area contributed by atoms with Gasteiger partial charge < -0.3 is 20.1 Å². The van der Waals surface area contributed by atoms with E-state index in [0.29, 0.717) is 31.9 Å². The fourth-order valence-corrected chi connectivity index (χ4v) is 2.16. The standard InChI is InChI=1S/C13H20N4O2/c1-10(2)17-7-3-4-11(17)12(18)14-5-8-16-9-6-15-13(16)19/h3-4,7,10H,5-6,8-9H2,1-2H3,(H,14,18)(H,15,19). The van der Waals surface area contributed by atoms with Crippen molar-refractivity contribution >= 4 is 11.9 Å². The summed E-state index contributed by atoms with van der Waals surface area (Å²) in [7, 11) is 0. The Bertz CT molecular complexity index is 467. The molecule has 0 saturated carbocycles. The molecule has 1 aromatic rings. The number of hydrogen-bond donors (Lipinski definition) is 2. The summed E-state index contributed by atoms with van der Waals surface area (Å²) in [6, 6.07) is 3.86. The second-order valence-electron chi connectivity index (χ2n) is 4.87. The van der Waals surface area contributed by atoms with E-state index < -0.39 is 0 Å². The lowest BCUT2D eigenvalue weighted by atomic mass is 10.3. The van der Waals surface area contributed by atoms with Crippen molar-refractivity contribution in [2.75, 3.05) is 26.2 Å². The van der Waals surface area contributed by atoms with Crippen LogP contribution in [0.3, 0.4) is 0 Å². The molecular formula is C13H20N4O2. The minimum Gasteiger partial charge on any atom is -0.349 e. The van der Waals surface area contributed by atoms with Gasteiger partial charge in [0, 0.05) is 38.4 Å². The molecular weight excluding hydrogens is 244 g/mol. The average molecular weight is 264 g/mol. The summed E-state index contributed by atoms with van der Waals surface area (Å²) in [4.78, 5) is 25.1. The van der Waals surface area contributed by atoms with Crippen LogP contribution in [-0.4, -0.2) is 47.6 Å². The highest BCUT2D eigenvalue weighted by Crippen LogP contribution is 2.10. The number of carbonyl (C=O) groups excluding carboxylic acids is 2. The molecule has 0 aliphatic carbocycles. The van der Waals surface area contributed by atoms with Gasteiger partial charge in [0.15, 0.2) is 0 Å². The van der Waals surface area contributed by atoms with Gasteiger partial charge in [0.2, 0.25) is 0 Å². The lowest BCUT2D eigenvalue weighted by Crippen LogP contribution is -2.37. The fourth-order valence-electron chi connectivity index (χ4n) is 2.16. The molecule has 1 aromatic heterocycles. The maximum Gasteiger partial charge on any atom is 0.317 e. The van der Waals surface area contributed by atoms with Crippen LogP contribution in [0.15, 0.2) is 18.3 Å². The van der Waals surface area contributed by atoms with Crippen molar-refractivity contribution in [1.82, 2.24) is 20.1 Å². The van der Waals surface area contributed by atoms with Crippen molar-refractivity contribution in [3.63, 3.8) is 0 Å². The van der Waals surface area contributed by atoms with E-state index in [1.165, 1.54) is 0 Å². The Balaban J connectivity index is 1.84. The summed E-state index contributed by atoms with van der Waals surface area (Å²) in [5, 5.41) is 5.58. The zero-order valence-electron chi connectivity index (χ0n) is 11.3. The van der Waals surface area contributed by atoms with Gasteiger partial charge in [0.05, 0.1) is 0 Å². The highest BCUT2D eigenvalue weighted by Gasteiger charge is 2.19. The van der Waals surface area contributed by atoms with Gasteiger partial charge in [-0.3, -0.25) is 4.79 Å². The molecule has 19 heavy (non-hydrogen) atoms. The molecule has 2 rings (SSSR count). The van der Waals surface area contributed by atoms with Gasteiger partial charge in [-0.2, -0.15) is 0 Å². The molecule has 1 fully saturated rings. The number of amides is 3. The number of urea groups is 1. The van der Waals surface area contributed by atoms with Crippen LogP contribution < -0.4 is 10.6 Å². The van der Waals surface area contributed by atoms with E-state index in [1.54, 1.807) is 11.0 Å². The first kappa shape index (κ1) is 13.5. The van der Waals surface area contributed by atoms with Crippen LogP contribution in [0.25, 0.3) is 0 Å². The number of rotatable bonds is 5. The second kappa shape index (κ2) is 5.77. The molecule has 1 saturated heterocycles. The summed E-state index contributed by atoms with van der Waals surface area (Å²) in [5.74, 6) is -0.0988. The summed E-state index contributed by atoms with van der Waals surface area (Å²) >= 11 is 0. The maximum absolute atomic E-state index is 12.0. The van der Waals surface area contributed by atoms with Crippen molar-refractivity contribution in [2.24, 2.45) is 0 Å². The summed E-state index contributed by atoms with van der Waals surface area (Å²) in [6.45, 7) is 6.46. The maximum atomic E-state index is 12.0. The number of aromatic nitrogens is 1. The van der Waals surface area contributed by atoms with Crippen molar-refractivity contribution in [2.45, 2.75) is 19.9 Å². The SMILES string of the molecule is CC(C)n1cccc1C(=O)NCCN1CCNC1=O. The predicted octanol–water partition coefficient (Wildman–Crippen LogP) is 0.824. The third-order valence-electron chi connectivity index (χ3n) is 3.18. The van der Waals surface area contributed by atoms with E-state index in [0.717, 1.165) is 0 Å². The van der Waals surface area contributed by atoms with Gasteiger partial charge in [-0.25, -0.2) is 4.79 Å². The molecule has 0 bridgehead atoms. The number of carbonyl (C=O) groups is 2. The molecule has 104 valence electrons. The Kier molecular flexibility index (Phi) is 4.09. The molecule has 0 spiro atoms. The van der Waals surface area contributed by atoms with E-state index in [-0.39, 0.29) is 18.0 Å². The molecule has 3 amide bonds. The molecule has 2 N–H and O–H groups in total. The number of nitrogens with one attached hydrogen (secondary N) is 2. The predicted molar refractivity (Wildman–Crippen MR) is 72.1 cm³/mol. The number of hydrogen-bond acceptors (Lipinski definition) is 2. The van der Waals surface area contributed by atoms with Gasteiger partial charge in [-0.15, -0.1) is 0 Å². The molecule has 6 heteroatoms. The largest absolute Gasteiger partial charge is 0.349 e. The van der Waals surface area contributed by atoms with Gasteiger partial charge >= 0.3 is 6.03 Å². The van der Waals surface area contributed by atoms with Gasteiger partial charge in [-0.05, 0) is 26.0 Å². The van der Waals surface area contributed by atoms with Crippen LogP contribution in [0.2, 0.25) is 0 Å². The lowest BCUT2D eigenvalue weighted by Gasteiger charge is -2.16. The van der Waals surface area contributed by atoms with Gasteiger partial charge in [0.1, 0.15) is 5.69 Å². The third-order valence-corrected chi connectivity index (χ3v) is 3.18.